The molecule has 1 aromatic carbocycles. The van der Waals surface area contributed by atoms with Crippen molar-refractivity contribution in [1.82, 2.24) is 4.90 Å². The number of primary amides is 1. The highest BCUT2D eigenvalue weighted by atomic mass is 19.1. The number of nitrogens with zero attached hydrogens (tertiary/aromatic N) is 1. The van der Waals surface area contributed by atoms with Gasteiger partial charge in [-0.15, -0.1) is 0 Å². The summed E-state index contributed by atoms with van der Waals surface area (Å²) in [6.07, 6.45) is 0. The van der Waals surface area contributed by atoms with E-state index in [9.17, 15) is 14.0 Å². The van der Waals surface area contributed by atoms with Crippen molar-refractivity contribution >= 4 is 11.9 Å². The topological polar surface area (TPSA) is 83.6 Å². The first-order valence-electron chi connectivity index (χ1n) is 5.81. The first kappa shape index (κ1) is 15.1. The molecule has 5 nitrogen and oxygen atoms in total. The summed E-state index contributed by atoms with van der Waals surface area (Å²) in [5.41, 5.74) is 5.68. The first-order valence-corrected chi connectivity index (χ1v) is 5.81. The van der Waals surface area contributed by atoms with Crippen molar-refractivity contribution in [3.8, 4) is 0 Å². The molecule has 1 atom stereocenters. The summed E-state index contributed by atoms with van der Waals surface area (Å²) in [7, 11) is 1.69. The molecule has 0 saturated carbocycles. The molecule has 0 aromatic heterocycles. The lowest BCUT2D eigenvalue weighted by Crippen LogP contribution is -2.28. The minimum atomic E-state index is -0.904. The fourth-order valence-electron chi connectivity index (χ4n) is 1.75. The monoisotopic (exact) mass is 268 g/mol. The Labute approximate surface area is 110 Å². The lowest BCUT2D eigenvalue weighted by Gasteiger charge is -2.19. The smallest absolute Gasteiger partial charge is 0.307 e. The Bertz CT molecular complexity index is 491. The molecule has 0 aliphatic carbocycles. The number of benzene rings is 1. The van der Waals surface area contributed by atoms with Gasteiger partial charge < -0.3 is 15.7 Å². The number of rotatable bonds is 6. The maximum Gasteiger partial charge on any atom is 0.307 e. The van der Waals surface area contributed by atoms with Crippen molar-refractivity contribution < 1.29 is 19.1 Å². The zero-order chi connectivity index (χ0) is 14.6. The molecule has 0 fully saturated rings. The molecule has 1 aromatic rings. The zero-order valence-corrected chi connectivity index (χ0v) is 10.9. The van der Waals surface area contributed by atoms with E-state index in [1.165, 1.54) is 18.2 Å². The Balaban J connectivity index is 2.78. The number of halogens is 1. The molecule has 0 aliphatic rings. The summed E-state index contributed by atoms with van der Waals surface area (Å²) in [5.74, 6) is -2.52. The van der Waals surface area contributed by atoms with E-state index in [1.54, 1.807) is 18.9 Å². The lowest BCUT2D eigenvalue weighted by molar-refractivity contribution is -0.141. The van der Waals surface area contributed by atoms with Gasteiger partial charge in [-0.25, -0.2) is 4.39 Å². The molecule has 1 amide bonds. The third-order valence-electron chi connectivity index (χ3n) is 2.78. The Morgan fingerprint density at radius 3 is 2.63 bits per heavy atom. The van der Waals surface area contributed by atoms with Gasteiger partial charge >= 0.3 is 5.97 Å². The molecule has 104 valence electrons. The summed E-state index contributed by atoms with van der Waals surface area (Å²) in [5, 5.41) is 8.81. The van der Waals surface area contributed by atoms with Gasteiger partial charge in [-0.3, -0.25) is 9.59 Å². The Morgan fingerprint density at radius 1 is 1.47 bits per heavy atom. The fraction of sp³-hybridized carbons (Fsp3) is 0.385. The standard InChI is InChI=1S/C13H17FN2O3/c1-8(13(18)19)6-16(2)7-10-5-9(12(15)17)3-4-11(10)14/h3-5,8H,6-7H2,1-2H3,(H2,15,17)(H,18,19). The number of aliphatic carboxylic acids is 1. The van der Waals surface area contributed by atoms with E-state index in [0.29, 0.717) is 5.56 Å². The van der Waals surface area contributed by atoms with Crippen LogP contribution in [0, 0.1) is 11.7 Å². The maximum absolute atomic E-state index is 13.6. The number of nitrogens with two attached hydrogens (primary N) is 1. The van der Waals surface area contributed by atoms with Crippen LogP contribution in [0.2, 0.25) is 0 Å². The van der Waals surface area contributed by atoms with E-state index >= 15 is 0 Å². The first-order chi connectivity index (χ1) is 8.81. The van der Waals surface area contributed by atoms with Gasteiger partial charge in [-0.05, 0) is 25.2 Å². The van der Waals surface area contributed by atoms with Crippen LogP contribution in [0.5, 0.6) is 0 Å². The van der Waals surface area contributed by atoms with Crippen molar-refractivity contribution in [2.45, 2.75) is 13.5 Å². The van der Waals surface area contributed by atoms with Gasteiger partial charge in [0.15, 0.2) is 0 Å². The van der Waals surface area contributed by atoms with E-state index < -0.39 is 23.6 Å². The summed E-state index contributed by atoms with van der Waals surface area (Å²) in [6.45, 7) is 2.08. The number of carboxylic acids is 1. The van der Waals surface area contributed by atoms with Crippen molar-refractivity contribution in [2.24, 2.45) is 11.7 Å². The third-order valence-corrected chi connectivity index (χ3v) is 2.78. The second-order valence-electron chi connectivity index (χ2n) is 4.61. The second-order valence-corrected chi connectivity index (χ2v) is 4.61. The van der Waals surface area contributed by atoms with Crippen LogP contribution in [-0.2, 0) is 11.3 Å². The molecule has 0 saturated heterocycles. The van der Waals surface area contributed by atoms with Crippen molar-refractivity contribution in [1.29, 1.82) is 0 Å². The fourth-order valence-corrected chi connectivity index (χ4v) is 1.75. The molecule has 0 heterocycles. The number of hydrogen-bond donors (Lipinski definition) is 2. The minimum absolute atomic E-state index is 0.213. The van der Waals surface area contributed by atoms with Gasteiger partial charge in [0.1, 0.15) is 5.82 Å². The number of carboxylic acid groups (broad SMARTS) is 1. The Morgan fingerprint density at radius 2 is 2.11 bits per heavy atom. The summed E-state index contributed by atoms with van der Waals surface area (Å²) < 4.78 is 13.6. The highest BCUT2D eigenvalue weighted by molar-refractivity contribution is 5.92. The van der Waals surface area contributed by atoms with Crippen LogP contribution in [0.25, 0.3) is 0 Å². The quantitative estimate of drug-likeness (QED) is 0.808. The minimum Gasteiger partial charge on any atom is -0.481 e. The zero-order valence-electron chi connectivity index (χ0n) is 10.9. The number of carbonyl (C=O) groups excluding carboxylic acids is 1. The molecular formula is C13H17FN2O3. The van der Waals surface area contributed by atoms with Crippen molar-refractivity contribution in [3.63, 3.8) is 0 Å². The SMILES string of the molecule is CC(CN(C)Cc1cc(C(N)=O)ccc1F)C(=O)O. The van der Waals surface area contributed by atoms with E-state index in [0.717, 1.165) is 0 Å². The molecule has 0 bridgehead atoms. The lowest BCUT2D eigenvalue weighted by atomic mass is 10.1. The van der Waals surface area contributed by atoms with Gasteiger partial charge in [0.05, 0.1) is 5.92 Å². The number of carbonyl (C=O) groups is 2. The molecule has 1 unspecified atom stereocenters. The third kappa shape index (κ3) is 4.33. The number of amides is 1. The number of hydrogen-bond acceptors (Lipinski definition) is 3. The highest BCUT2D eigenvalue weighted by Gasteiger charge is 2.15. The predicted octanol–water partition coefficient (Wildman–Crippen LogP) is 1.08. The van der Waals surface area contributed by atoms with Crippen LogP contribution in [0.3, 0.4) is 0 Å². The predicted molar refractivity (Wildman–Crippen MR) is 68.1 cm³/mol. The molecule has 6 heteroatoms. The van der Waals surface area contributed by atoms with Crippen LogP contribution >= 0.6 is 0 Å². The van der Waals surface area contributed by atoms with Crippen LogP contribution in [0.15, 0.2) is 18.2 Å². The average Bonchev–Trinajstić information content (AvgIpc) is 2.31. The van der Waals surface area contributed by atoms with Gasteiger partial charge in [-0.2, -0.15) is 0 Å². The maximum atomic E-state index is 13.6. The van der Waals surface area contributed by atoms with Crippen molar-refractivity contribution in [3.05, 3.63) is 35.1 Å². The molecule has 0 spiro atoms. The van der Waals surface area contributed by atoms with Crippen LogP contribution in [0.4, 0.5) is 4.39 Å². The van der Waals surface area contributed by atoms with Gasteiger partial charge in [0.2, 0.25) is 5.91 Å². The van der Waals surface area contributed by atoms with Crippen LogP contribution < -0.4 is 5.73 Å². The second kappa shape index (κ2) is 6.29. The molecule has 1 rings (SSSR count). The van der Waals surface area contributed by atoms with E-state index in [1.807, 2.05) is 0 Å². The Kier molecular flexibility index (Phi) is 5.00. The van der Waals surface area contributed by atoms with Crippen LogP contribution in [0.1, 0.15) is 22.8 Å². The van der Waals surface area contributed by atoms with Gasteiger partial charge in [0.25, 0.3) is 0 Å². The summed E-state index contributed by atoms with van der Waals surface area (Å²) >= 11 is 0. The van der Waals surface area contributed by atoms with E-state index in [2.05, 4.69) is 0 Å². The van der Waals surface area contributed by atoms with E-state index in [4.69, 9.17) is 10.8 Å². The van der Waals surface area contributed by atoms with Crippen molar-refractivity contribution in [2.75, 3.05) is 13.6 Å². The highest BCUT2D eigenvalue weighted by Crippen LogP contribution is 2.13. The van der Waals surface area contributed by atoms with E-state index in [-0.39, 0.29) is 18.7 Å². The molecule has 3 N–H and O–H groups in total. The van der Waals surface area contributed by atoms with Crippen LogP contribution in [-0.4, -0.2) is 35.5 Å². The van der Waals surface area contributed by atoms with Gasteiger partial charge in [-0.1, -0.05) is 6.92 Å². The summed E-state index contributed by atoms with van der Waals surface area (Å²) in [6, 6.07) is 3.89. The molecular weight excluding hydrogens is 251 g/mol. The summed E-state index contributed by atoms with van der Waals surface area (Å²) in [4.78, 5) is 23.4. The molecule has 19 heavy (non-hydrogen) atoms. The average molecular weight is 268 g/mol. The normalized spacial score (nSPS) is 12.4. The molecule has 0 radical (unpaired) electrons. The van der Waals surface area contributed by atoms with Gasteiger partial charge in [0, 0.05) is 24.2 Å². The molecule has 0 aliphatic heterocycles. The largest absolute Gasteiger partial charge is 0.481 e. The Hall–Kier alpha value is -1.95.